The first kappa shape index (κ1) is 13.9. The Balaban J connectivity index is 2.94. The monoisotopic (exact) mass is 249 g/mol. The first-order valence-corrected chi connectivity index (χ1v) is 7.30. The molecule has 0 unspecified atom stereocenters. The summed E-state index contributed by atoms with van der Waals surface area (Å²) < 4.78 is 27.5. The van der Waals surface area contributed by atoms with Crippen LogP contribution in [0.2, 0.25) is 0 Å². The van der Waals surface area contributed by atoms with Crippen LogP contribution in [0.4, 0.5) is 0 Å². The first-order chi connectivity index (χ1) is 7.48. The molecule has 0 aromatic rings. The van der Waals surface area contributed by atoms with Crippen LogP contribution in [0.15, 0.2) is 0 Å². The molecule has 0 spiro atoms. The summed E-state index contributed by atoms with van der Waals surface area (Å²) >= 11 is 0. The van der Waals surface area contributed by atoms with Crippen molar-refractivity contribution in [3.8, 4) is 0 Å². The zero-order valence-electron chi connectivity index (χ0n) is 10.2. The molecular formula is C10H23N3O2S. The highest BCUT2D eigenvalue weighted by Crippen LogP contribution is 2.32. The lowest BCUT2D eigenvalue weighted by Gasteiger charge is -2.39. The van der Waals surface area contributed by atoms with Gasteiger partial charge in [0.1, 0.15) is 0 Å². The van der Waals surface area contributed by atoms with Crippen molar-refractivity contribution in [2.45, 2.75) is 44.1 Å². The van der Waals surface area contributed by atoms with Gasteiger partial charge in [0.15, 0.2) is 0 Å². The van der Waals surface area contributed by atoms with Crippen molar-refractivity contribution in [3.63, 3.8) is 0 Å². The lowest BCUT2D eigenvalue weighted by molar-refractivity contribution is 0.194. The van der Waals surface area contributed by atoms with Gasteiger partial charge in [-0.2, -0.15) is 12.7 Å². The highest BCUT2D eigenvalue weighted by atomic mass is 32.2. The number of nitrogens with one attached hydrogen (secondary N) is 1. The van der Waals surface area contributed by atoms with Gasteiger partial charge in [0.05, 0.1) is 0 Å². The molecule has 96 valence electrons. The summed E-state index contributed by atoms with van der Waals surface area (Å²) in [6.45, 7) is 0.393. The molecule has 3 N–H and O–H groups in total. The molecule has 1 aliphatic carbocycles. The van der Waals surface area contributed by atoms with Crippen LogP contribution in [0.1, 0.15) is 38.5 Å². The molecule has 0 amide bonds. The lowest BCUT2D eigenvalue weighted by atomic mass is 9.90. The maximum atomic E-state index is 11.8. The van der Waals surface area contributed by atoms with Gasteiger partial charge in [-0.25, -0.2) is 4.72 Å². The van der Waals surface area contributed by atoms with Gasteiger partial charge in [0.2, 0.25) is 0 Å². The number of hydrogen-bond acceptors (Lipinski definition) is 3. The molecule has 0 saturated heterocycles. The Morgan fingerprint density at radius 1 is 1.25 bits per heavy atom. The molecule has 0 bridgehead atoms. The average Bonchev–Trinajstić information content (AvgIpc) is 2.54. The molecular weight excluding hydrogens is 226 g/mol. The zero-order chi connectivity index (χ0) is 12.2. The molecule has 0 aromatic heterocycles. The number of nitrogens with zero attached hydrogens (tertiary/aromatic N) is 1. The SMILES string of the molecule is CNS(=O)(=O)N(C)C1(CN)CCCCCC1. The average molecular weight is 249 g/mol. The smallest absolute Gasteiger partial charge is 0.279 e. The summed E-state index contributed by atoms with van der Waals surface area (Å²) in [4.78, 5) is 0. The number of rotatable bonds is 4. The fourth-order valence-electron chi connectivity index (χ4n) is 2.43. The van der Waals surface area contributed by atoms with E-state index in [-0.39, 0.29) is 0 Å². The maximum absolute atomic E-state index is 11.8. The summed E-state index contributed by atoms with van der Waals surface area (Å²) in [7, 11) is -0.315. The minimum Gasteiger partial charge on any atom is -0.329 e. The van der Waals surface area contributed by atoms with E-state index >= 15 is 0 Å². The molecule has 1 rings (SSSR count). The van der Waals surface area contributed by atoms with Gasteiger partial charge in [0, 0.05) is 26.2 Å². The van der Waals surface area contributed by atoms with E-state index in [1.165, 1.54) is 24.2 Å². The van der Waals surface area contributed by atoms with Crippen LogP contribution in [0.25, 0.3) is 0 Å². The van der Waals surface area contributed by atoms with Crippen LogP contribution in [0.5, 0.6) is 0 Å². The molecule has 1 saturated carbocycles. The van der Waals surface area contributed by atoms with Crippen LogP contribution >= 0.6 is 0 Å². The van der Waals surface area contributed by atoms with Gasteiger partial charge in [-0.3, -0.25) is 0 Å². The van der Waals surface area contributed by atoms with E-state index in [4.69, 9.17) is 5.73 Å². The molecule has 0 atom stereocenters. The molecule has 0 aliphatic heterocycles. The third kappa shape index (κ3) is 2.74. The second-order valence-corrected chi connectivity index (χ2v) is 6.43. The Morgan fingerprint density at radius 2 is 1.75 bits per heavy atom. The van der Waals surface area contributed by atoms with E-state index in [1.807, 2.05) is 0 Å². The van der Waals surface area contributed by atoms with Crippen LogP contribution in [0.3, 0.4) is 0 Å². The Hall–Kier alpha value is -0.170. The van der Waals surface area contributed by atoms with Crippen molar-refractivity contribution in [2.24, 2.45) is 5.73 Å². The fraction of sp³-hybridized carbons (Fsp3) is 1.00. The van der Waals surface area contributed by atoms with Crippen molar-refractivity contribution in [1.82, 2.24) is 9.03 Å². The predicted octanol–water partition coefficient (Wildman–Crippen LogP) is 0.434. The summed E-state index contributed by atoms with van der Waals surface area (Å²) in [6, 6.07) is 0. The molecule has 1 aliphatic rings. The quantitative estimate of drug-likeness (QED) is 0.710. The van der Waals surface area contributed by atoms with Crippen molar-refractivity contribution >= 4 is 10.2 Å². The topological polar surface area (TPSA) is 75.4 Å². The highest BCUT2D eigenvalue weighted by Gasteiger charge is 2.39. The standard InChI is InChI=1S/C10H23N3O2S/c1-12-16(14,15)13(2)10(9-11)7-5-3-4-6-8-10/h12H,3-9,11H2,1-2H3. The van der Waals surface area contributed by atoms with Gasteiger partial charge in [0.25, 0.3) is 10.2 Å². The van der Waals surface area contributed by atoms with Crippen molar-refractivity contribution in [3.05, 3.63) is 0 Å². The van der Waals surface area contributed by atoms with Crippen molar-refractivity contribution < 1.29 is 8.42 Å². The lowest BCUT2D eigenvalue weighted by Crippen LogP contribution is -2.56. The summed E-state index contributed by atoms with van der Waals surface area (Å²) in [5, 5.41) is 0. The van der Waals surface area contributed by atoms with E-state index in [0.29, 0.717) is 6.54 Å². The summed E-state index contributed by atoms with van der Waals surface area (Å²) in [5.41, 5.74) is 5.44. The third-order valence-corrected chi connectivity index (χ3v) is 5.32. The fourth-order valence-corrected chi connectivity index (χ4v) is 3.47. The predicted molar refractivity (Wildman–Crippen MR) is 65.2 cm³/mol. The molecule has 16 heavy (non-hydrogen) atoms. The van der Waals surface area contributed by atoms with Crippen LogP contribution in [-0.2, 0) is 10.2 Å². The molecule has 0 aromatic carbocycles. The third-order valence-electron chi connectivity index (χ3n) is 3.70. The maximum Gasteiger partial charge on any atom is 0.279 e. The largest absolute Gasteiger partial charge is 0.329 e. The van der Waals surface area contributed by atoms with Gasteiger partial charge < -0.3 is 5.73 Å². The van der Waals surface area contributed by atoms with Gasteiger partial charge in [-0.1, -0.05) is 25.7 Å². The van der Waals surface area contributed by atoms with E-state index in [9.17, 15) is 8.42 Å². The van der Waals surface area contributed by atoms with E-state index < -0.39 is 15.7 Å². The Labute approximate surface area is 98.6 Å². The minimum atomic E-state index is -3.38. The van der Waals surface area contributed by atoms with Crippen LogP contribution < -0.4 is 10.5 Å². The molecule has 6 heteroatoms. The Bertz CT molecular complexity index is 308. The van der Waals surface area contributed by atoms with E-state index in [0.717, 1.165) is 25.7 Å². The van der Waals surface area contributed by atoms with Crippen molar-refractivity contribution in [2.75, 3.05) is 20.6 Å². The minimum absolute atomic E-state index is 0.391. The van der Waals surface area contributed by atoms with Crippen molar-refractivity contribution in [1.29, 1.82) is 0 Å². The van der Waals surface area contributed by atoms with E-state index in [2.05, 4.69) is 4.72 Å². The number of nitrogens with two attached hydrogens (primary N) is 1. The second kappa shape index (κ2) is 5.44. The second-order valence-electron chi connectivity index (χ2n) is 4.52. The normalized spacial score (nSPS) is 22.0. The highest BCUT2D eigenvalue weighted by molar-refractivity contribution is 7.87. The zero-order valence-corrected chi connectivity index (χ0v) is 11.0. The molecule has 5 nitrogen and oxygen atoms in total. The van der Waals surface area contributed by atoms with Gasteiger partial charge in [-0.05, 0) is 12.8 Å². The summed E-state index contributed by atoms with van der Waals surface area (Å²) in [5.74, 6) is 0. The van der Waals surface area contributed by atoms with Crippen LogP contribution in [0, 0.1) is 0 Å². The first-order valence-electron chi connectivity index (χ1n) is 5.86. The Kier molecular flexibility index (Phi) is 4.73. The molecule has 1 fully saturated rings. The van der Waals surface area contributed by atoms with Gasteiger partial charge in [-0.15, -0.1) is 0 Å². The number of likely N-dealkylation sites (N-methyl/N-ethyl adjacent to an activating group) is 1. The van der Waals surface area contributed by atoms with Gasteiger partial charge >= 0.3 is 0 Å². The molecule has 0 radical (unpaired) electrons. The molecule has 0 heterocycles. The van der Waals surface area contributed by atoms with Crippen LogP contribution in [-0.4, -0.2) is 38.9 Å². The Morgan fingerprint density at radius 3 is 2.12 bits per heavy atom. The van der Waals surface area contributed by atoms with E-state index in [1.54, 1.807) is 7.05 Å². The summed E-state index contributed by atoms with van der Waals surface area (Å²) in [6.07, 6.45) is 6.19. The number of hydrogen-bond donors (Lipinski definition) is 2.